The number of ether oxygens (including phenoxy) is 1. The molecule has 0 bridgehead atoms. The van der Waals surface area contributed by atoms with E-state index in [2.05, 4.69) is 34.6 Å². The van der Waals surface area contributed by atoms with Crippen LogP contribution in [0.25, 0.3) is 22.9 Å². The maximum Gasteiger partial charge on any atom is 0.492 e. The van der Waals surface area contributed by atoms with E-state index in [0.29, 0.717) is 4.77 Å². The van der Waals surface area contributed by atoms with Crippen molar-refractivity contribution in [2.45, 2.75) is 44.8 Å². The fraction of sp³-hybridized carbons (Fsp3) is 0.273. The minimum absolute atomic E-state index is 0.00620. The molecule has 2 heterocycles. The molecule has 2 N–H and O–H groups in total. The molecule has 6 rings (SSSR count). The normalized spacial score (nSPS) is 17.1. The van der Waals surface area contributed by atoms with Crippen molar-refractivity contribution in [3.63, 3.8) is 0 Å². The summed E-state index contributed by atoms with van der Waals surface area (Å²) in [6.45, 7) is 8.51. The molecule has 1 aliphatic carbocycles. The van der Waals surface area contributed by atoms with Gasteiger partial charge in [-0.15, -0.1) is 0 Å². The SMILES string of the molecule is CC1(C)OB(C(=Cc2ccc(-n3cc[nH]c3=S)cc2)CNC(=O)OCC2c3ccccc3-c3ccccc32)OC1(C)C. The van der Waals surface area contributed by atoms with Crippen LogP contribution in [0.4, 0.5) is 4.79 Å². The van der Waals surface area contributed by atoms with Gasteiger partial charge in [0, 0.05) is 30.5 Å². The summed E-state index contributed by atoms with van der Waals surface area (Å²) in [6.07, 6.45) is 5.20. The Bertz CT molecular complexity index is 1640. The number of aromatic nitrogens is 2. The van der Waals surface area contributed by atoms with Gasteiger partial charge in [0.2, 0.25) is 0 Å². The Morgan fingerprint density at radius 3 is 2.14 bits per heavy atom. The zero-order chi connectivity index (χ0) is 29.5. The Labute approximate surface area is 251 Å². The van der Waals surface area contributed by atoms with Gasteiger partial charge in [-0.25, -0.2) is 4.79 Å². The van der Waals surface area contributed by atoms with Crippen molar-refractivity contribution >= 4 is 31.5 Å². The highest BCUT2D eigenvalue weighted by molar-refractivity contribution is 7.71. The maximum absolute atomic E-state index is 13.0. The van der Waals surface area contributed by atoms with E-state index in [9.17, 15) is 4.79 Å². The molecule has 0 atom stereocenters. The number of nitrogens with one attached hydrogen (secondary N) is 2. The second-order valence-electron chi connectivity index (χ2n) is 11.7. The van der Waals surface area contributed by atoms with Crippen molar-refractivity contribution < 1.29 is 18.8 Å². The number of imidazole rings is 1. The number of hydrogen-bond acceptors (Lipinski definition) is 5. The Balaban J connectivity index is 1.18. The average Bonchev–Trinajstić information content (AvgIpc) is 3.61. The number of hydrogen-bond donors (Lipinski definition) is 2. The minimum Gasteiger partial charge on any atom is -0.449 e. The summed E-state index contributed by atoms with van der Waals surface area (Å²) in [6, 6.07) is 24.6. The Morgan fingerprint density at radius 1 is 0.976 bits per heavy atom. The summed E-state index contributed by atoms with van der Waals surface area (Å²) in [4.78, 5) is 16.0. The van der Waals surface area contributed by atoms with Gasteiger partial charge in [-0.2, -0.15) is 0 Å². The van der Waals surface area contributed by atoms with Crippen LogP contribution < -0.4 is 5.32 Å². The molecule has 1 aromatic heterocycles. The number of carbonyl (C=O) groups excluding carboxylic acids is 1. The van der Waals surface area contributed by atoms with Crippen LogP contribution in [0.15, 0.2) is 90.7 Å². The zero-order valence-electron chi connectivity index (χ0n) is 24.2. The van der Waals surface area contributed by atoms with Gasteiger partial charge in [0.15, 0.2) is 4.77 Å². The minimum atomic E-state index is -0.623. The number of amides is 1. The van der Waals surface area contributed by atoms with Crippen molar-refractivity contribution in [2.75, 3.05) is 13.2 Å². The highest BCUT2D eigenvalue weighted by Crippen LogP contribution is 2.44. The number of rotatable bonds is 7. The second-order valence-corrected chi connectivity index (χ2v) is 12.1. The summed E-state index contributed by atoms with van der Waals surface area (Å²) >= 11 is 5.35. The summed E-state index contributed by atoms with van der Waals surface area (Å²) in [7, 11) is -0.623. The molecule has 1 amide bonds. The lowest BCUT2D eigenvalue weighted by Crippen LogP contribution is -2.41. The first-order chi connectivity index (χ1) is 20.1. The first-order valence-corrected chi connectivity index (χ1v) is 14.6. The molecule has 1 fully saturated rings. The van der Waals surface area contributed by atoms with Crippen LogP contribution in [-0.2, 0) is 14.0 Å². The highest BCUT2D eigenvalue weighted by Gasteiger charge is 2.52. The van der Waals surface area contributed by atoms with E-state index in [1.165, 1.54) is 22.3 Å². The molecule has 9 heteroatoms. The monoisotopic (exact) mass is 579 g/mol. The van der Waals surface area contributed by atoms with Gasteiger partial charge >= 0.3 is 13.2 Å². The largest absolute Gasteiger partial charge is 0.492 e. The standard InChI is InChI=1S/C33H34BN3O4S/c1-32(2)33(3,4)41-34(40-32)23(19-22-13-15-24(16-14-22)37-18-17-35-30(37)42)20-36-31(38)39-21-29-27-11-7-5-9-25(27)26-10-6-8-12-28(26)29/h5-19,29H,20-21H2,1-4H3,(H,35,42)(H,36,38). The van der Waals surface area contributed by atoms with Gasteiger partial charge in [0.1, 0.15) is 6.61 Å². The van der Waals surface area contributed by atoms with E-state index in [4.69, 9.17) is 26.3 Å². The van der Waals surface area contributed by atoms with Gasteiger partial charge in [-0.1, -0.05) is 66.7 Å². The molecule has 0 saturated carbocycles. The van der Waals surface area contributed by atoms with Crippen LogP contribution >= 0.6 is 12.2 Å². The molecule has 0 spiro atoms. The topological polar surface area (TPSA) is 77.5 Å². The van der Waals surface area contributed by atoms with Crippen molar-refractivity contribution in [1.82, 2.24) is 14.9 Å². The molecular formula is C33H34BN3O4S. The van der Waals surface area contributed by atoms with Crippen LogP contribution in [0.5, 0.6) is 0 Å². The summed E-state index contributed by atoms with van der Waals surface area (Å²) < 4.78 is 21.0. The molecular weight excluding hydrogens is 545 g/mol. The third kappa shape index (κ3) is 5.35. The van der Waals surface area contributed by atoms with Crippen LogP contribution in [-0.4, -0.2) is 47.1 Å². The smallest absolute Gasteiger partial charge is 0.449 e. The van der Waals surface area contributed by atoms with Gasteiger partial charge in [-0.3, -0.25) is 4.57 Å². The molecule has 0 radical (unpaired) electrons. The predicted molar refractivity (Wildman–Crippen MR) is 168 cm³/mol. The van der Waals surface area contributed by atoms with E-state index in [1.807, 2.05) is 99.3 Å². The van der Waals surface area contributed by atoms with Crippen LogP contribution in [0.2, 0.25) is 0 Å². The van der Waals surface area contributed by atoms with Crippen molar-refractivity contribution in [3.8, 4) is 16.8 Å². The first-order valence-electron chi connectivity index (χ1n) is 14.1. The van der Waals surface area contributed by atoms with Crippen molar-refractivity contribution in [1.29, 1.82) is 0 Å². The highest BCUT2D eigenvalue weighted by atomic mass is 32.1. The third-order valence-electron chi connectivity index (χ3n) is 8.51. The first kappa shape index (κ1) is 28.2. The third-order valence-corrected chi connectivity index (χ3v) is 8.82. The number of nitrogens with zero attached hydrogens (tertiary/aromatic N) is 1. The van der Waals surface area contributed by atoms with Crippen molar-refractivity contribution in [2.24, 2.45) is 0 Å². The molecule has 3 aromatic carbocycles. The Morgan fingerprint density at radius 2 is 1.57 bits per heavy atom. The number of H-pyrrole nitrogens is 1. The van der Waals surface area contributed by atoms with Crippen LogP contribution in [0, 0.1) is 4.77 Å². The Hall–Kier alpha value is -3.92. The number of fused-ring (bicyclic) bond motifs is 3. The van der Waals surface area contributed by atoms with Crippen LogP contribution in [0.3, 0.4) is 0 Å². The fourth-order valence-corrected chi connectivity index (χ4v) is 5.72. The quantitative estimate of drug-likeness (QED) is 0.181. The molecule has 4 aromatic rings. The molecule has 7 nitrogen and oxygen atoms in total. The van der Waals surface area contributed by atoms with Crippen LogP contribution in [0.1, 0.15) is 50.3 Å². The van der Waals surface area contributed by atoms with E-state index in [-0.39, 0.29) is 19.1 Å². The molecule has 1 aliphatic heterocycles. The van der Waals surface area contributed by atoms with E-state index < -0.39 is 24.4 Å². The lowest BCUT2D eigenvalue weighted by molar-refractivity contribution is 0.00578. The summed E-state index contributed by atoms with van der Waals surface area (Å²) in [5, 5.41) is 2.94. The molecule has 42 heavy (non-hydrogen) atoms. The summed E-state index contributed by atoms with van der Waals surface area (Å²) in [5.74, 6) is -0.00620. The average molecular weight is 580 g/mol. The number of alkyl carbamates (subject to hydrolysis) is 1. The molecule has 214 valence electrons. The van der Waals surface area contributed by atoms with Gasteiger partial charge in [0.25, 0.3) is 0 Å². The van der Waals surface area contributed by atoms with Crippen molar-refractivity contribution in [3.05, 3.63) is 112 Å². The predicted octanol–water partition coefficient (Wildman–Crippen LogP) is 7.09. The fourth-order valence-electron chi connectivity index (χ4n) is 5.49. The van der Waals surface area contributed by atoms with Gasteiger partial charge in [-0.05, 0) is 85.3 Å². The molecule has 0 unspecified atom stereocenters. The van der Waals surface area contributed by atoms with Gasteiger partial charge < -0.3 is 24.3 Å². The maximum atomic E-state index is 13.0. The zero-order valence-corrected chi connectivity index (χ0v) is 25.0. The molecule has 1 saturated heterocycles. The van der Waals surface area contributed by atoms with Gasteiger partial charge in [0.05, 0.1) is 11.2 Å². The number of carbonyl (C=O) groups is 1. The lowest BCUT2D eigenvalue weighted by atomic mass is 9.77. The summed E-state index contributed by atoms with van der Waals surface area (Å²) in [5.41, 5.74) is 6.38. The van der Waals surface area contributed by atoms with E-state index >= 15 is 0 Å². The lowest BCUT2D eigenvalue weighted by Gasteiger charge is -2.32. The van der Waals surface area contributed by atoms with E-state index in [0.717, 1.165) is 16.7 Å². The number of aromatic amines is 1. The molecule has 2 aliphatic rings. The number of benzene rings is 3. The van der Waals surface area contributed by atoms with E-state index in [1.54, 1.807) is 0 Å². The second kappa shape index (κ2) is 11.1. The Kier molecular flexibility index (Phi) is 7.43.